The lowest BCUT2D eigenvalue weighted by molar-refractivity contribution is -0.132. The van der Waals surface area contributed by atoms with Gasteiger partial charge in [0.2, 0.25) is 5.91 Å². The molecule has 52 valence electrons. The number of primary amides is 1. The van der Waals surface area contributed by atoms with E-state index >= 15 is 0 Å². The maximum absolute atomic E-state index is 10.5. The molecule has 1 atom stereocenters. The highest BCUT2D eigenvalue weighted by Gasteiger charge is 2.27. The molecule has 0 fully saturated rings. The van der Waals surface area contributed by atoms with E-state index in [-0.39, 0.29) is 0 Å². The van der Waals surface area contributed by atoms with Crippen LogP contribution in [-0.4, -0.2) is 12.2 Å². The third-order valence-electron chi connectivity index (χ3n) is 1.56. The minimum absolute atomic E-state index is 0.464. The zero-order chi connectivity index (χ0) is 7.49. The van der Waals surface area contributed by atoms with Crippen molar-refractivity contribution in [3.63, 3.8) is 0 Å². The van der Waals surface area contributed by atoms with Gasteiger partial charge in [0.1, 0.15) is 11.7 Å². The van der Waals surface area contributed by atoms with Crippen molar-refractivity contribution in [1.82, 2.24) is 0 Å². The van der Waals surface area contributed by atoms with Crippen LogP contribution in [0.4, 0.5) is 0 Å². The van der Waals surface area contributed by atoms with Crippen molar-refractivity contribution < 1.29 is 9.59 Å². The number of carbonyl (C=O) groups is 2. The lowest BCUT2D eigenvalue weighted by Crippen LogP contribution is -2.34. The van der Waals surface area contributed by atoms with E-state index in [9.17, 15) is 9.59 Å². The van der Waals surface area contributed by atoms with E-state index in [2.05, 4.69) is 0 Å². The van der Waals surface area contributed by atoms with Crippen molar-refractivity contribution in [3.8, 4) is 0 Å². The van der Waals surface area contributed by atoms with Crippen LogP contribution in [0.2, 0.25) is 0 Å². The Morgan fingerprint density at radius 1 is 1.78 bits per heavy atom. The van der Waals surface area contributed by atoms with Gasteiger partial charge in [0.05, 0.1) is 0 Å². The van der Waals surface area contributed by atoms with Crippen LogP contribution in [0.25, 0.3) is 0 Å². The van der Waals surface area contributed by atoms with E-state index in [1.54, 1.807) is 6.92 Å². The van der Waals surface area contributed by atoms with E-state index in [0.29, 0.717) is 12.7 Å². The van der Waals surface area contributed by atoms with Gasteiger partial charge < -0.3 is 10.5 Å². The summed E-state index contributed by atoms with van der Waals surface area (Å²) in [6, 6.07) is 0. The molecule has 1 amide bonds. The molecule has 0 aliphatic heterocycles. The van der Waals surface area contributed by atoms with Crippen LogP contribution in [0.3, 0.4) is 0 Å². The third kappa shape index (κ3) is 1.52. The fourth-order valence-corrected chi connectivity index (χ4v) is 0.316. The van der Waals surface area contributed by atoms with Crippen LogP contribution < -0.4 is 5.73 Å². The van der Waals surface area contributed by atoms with Crippen molar-refractivity contribution in [2.75, 3.05) is 0 Å². The molecule has 9 heavy (non-hydrogen) atoms. The fourth-order valence-electron chi connectivity index (χ4n) is 0.316. The second-order valence-corrected chi connectivity index (χ2v) is 2.25. The van der Waals surface area contributed by atoms with E-state index in [4.69, 9.17) is 5.73 Å². The van der Waals surface area contributed by atoms with E-state index < -0.39 is 11.3 Å². The number of carbonyl (C=O) groups excluding carboxylic acids is 2. The number of rotatable bonds is 3. The molecule has 1 unspecified atom stereocenters. The summed E-state index contributed by atoms with van der Waals surface area (Å²) in [4.78, 5) is 20.7. The topological polar surface area (TPSA) is 60.2 Å². The van der Waals surface area contributed by atoms with E-state index in [1.807, 2.05) is 0 Å². The lowest BCUT2D eigenvalue weighted by Gasteiger charge is -2.14. The van der Waals surface area contributed by atoms with E-state index in [0.717, 1.165) is 0 Å². The molecule has 0 radical (unpaired) electrons. The predicted octanol–water partition coefficient (Wildman–Crippen LogP) is 0.0869. The Balaban J connectivity index is 4.27. The summed E-state index contributed by atoms with van der Waals surface area (Å²) in [5.41, 5.74) is 3.96. The molecule has 0 aromatic rings. The number of hydrogen-bond donors (Lipinski definition) is 1. The van der Waals surface area contributed by atoms with E-state index in [1.165, 1.54) is 6.92 Å². The monoisotopic (exact) mass is 129 g/mol. The van der Waals surface area contributed by atoms with Crippen LogP contribution in [0, 0.1) is 5.41 Å². The van der Waals surface area contributed by atoms with Crippen LogP contribution in [0.5, 0.6) is 0 Å². The zero-order valence-electron chi connectivity index (χ0n) is 5.68. The van der Waals surface area contributed by atoms with Crippen LogP contribution in [0.15, 0.2) is 0 Å². The van der Waals surface area contributed by atoms with Crippen molar-refractivity contribution in [3.05, 3.63) is 0 Å². The number of amides is 1. The average molecular weight is 129 g/mol. The van der Waals surface area contributed by atoms with Crippen LogP contribution >= 0.6 is 0 Å². The first kappa shape index (κ1) is 8.14. The summed E-state index contributed by atoms with van der Waals surface area (Å²) in [5, 5.41) is 0. The highest BCUT2D eigenvalue weighted by atomic mass is 16.2. The zero-order valence-corrected chi connectivity index (χ0v) is 5.68. The van der Waals surface area contributed by atoms with Crippen molar-refractivity contribution >= 4 is 12.2 Å². The fraction of sp³-hybridized carbons (Fsp3) is 0.667. The van der Waals surface area contributed by atoms with Crippen LogP contribution in [-0.2, 0) is 9.59 Å². The summed E-state index contributed by atoms with van der Waals surface area (Å²) in [6.07, 6.45) is 1.06. The second-order valence-electron chi connectivity index (χ2n) is 2.25. The molecule has 0 aromatic heterocycles. The van der Waals surface area contributed by atoms with Gasteiger partial charge in [-0.1, -0.05) is 6.92 Å². The smallest absolute Gasteiger partial charge is 0.230 e. The predicted molar refractivity (Wildman–Crippen MR) is 33.7 cm³/mol. The quantitative estimate of drug-likeness (QED) is 0.433. The molecular formula is C6H11NO2. The van der Waals surface area contributed by atoms with Crippen LogP contribution in [0.1, 0.15) is 20.3 Å². The summed E-state index contributed by atoms with van der Waals surface area (Å²) in [6.45, 7) is 3.28. The Kier molecular flexibility index (Phi) is 2.37. The van der Waals surface area contributed by atoms with Crippen molar-refractivity contribution in [2.45, 2.75) is 20.3 Å². The normalized spacial score (nSPS) is 16.2. The summed E-state index contributed by atoms with van der Waals surface area (Å²) < 4.78 is 0. The van der Waals surface area contributed by atoms with Gasteiger partial charge in [-0.2, -0.15) is 0 Å². The number of hydrogen-bond acceptors (Lipinski definition) is 2. The molecule has 3 nitrogen and oxygen atoms in total. The second kappa shape index (κ2) is 2.62. The summed E-state index contributed by atoms with van der Waals surface area (Å²) >= 11 is 0. The lowest BCUT2D eigenvalue weighted by atomic mass is 9.89. The minimum Gasteiger partial charge on any atom is -0.369 e. The Morgan fingerprint density at radius 3 is 2.22 bits per heavy atom. The molecule has 0 saturated heterocycles. The SMILES string of the molecule is CCC(C)(C=O)C(N)=O. The Labute approximate surface area is 54.2 Å². The standard InChI is InChI=1S/C6H11NO2/c1-3-6(2,4-8)5(7)9/h4H,3H2,1-2H3,(H2,7,9). The first-order valence-electron chi connectivity index (χ1n) is 2.83. The minimum atomic E-state index is -0.958. The molecule has 0 spiro atoms. The van der Waals surface area contributed by atoms with Gasteiger partial charge in [-0.05, 0) is 13.3 Å². The van der Waals surface area contributed by atoms with Gasteiger partial charge in [0.25, 0.3) is 0 Å². The Morgan fingerprint density at radius 2 is 2.22 bits per heavy atom. The van der Waals surface area contributed by atoms with Gasteiger partial charge in [-0.15, -0.1) is 0 Å². The van der Waals surface area contributed by atoms with Gasteiger partial charge in [-0.25, -0.2) is 0 Å². The molecule has 2 N–H and O–H groups in total. The molecule has 0 saturated carbocycles. The molecule has 0 aliphatic carbocycles. The largest absolute Gasteiger partial charge is 0.369 e. The Hall–Kier alpha value is -0.860. The van der Waals surface area contributed by atoms with Gasteiger partial charge in [0.15, 0.2) is 0 Å². The van der Waals surface area contributed by atoms with Gasteiger partial charge in [0, 0.05) is 0 Å². The first-order chi connectivity index (χ1) is 4.06. The third-order valence-corrected chi connectivity index (χ3v) is 1.56. The maximum Gasteiger partial charge on any atom is 0.230 e. The van der Waals surface area contributed by atoms with Crippen molar-refractivity contribution in [2.24, 2.45) is 11.1 Å². The molecule has 0 aliphatic rings. The molecule has 0 heterocycles. The van der Waals surface area contributed by atoms with Crippen molar-refractivity contribution in [1.29, 1.82) is 0 Å². The maximum atomic E-state index is 10.5. The van der Waals surface area contributed by atoms with Gasteiger partial charge >= 0.3 is 0 Å². The molecule has 0 bridgehead atoms. The first-order valence-corrected chi connectivity index (χ1v) is 2.83. The average Bonchev–Trinajstić information content (AvgIpc) is 1.86. The highest BCUT2D eigenvalue weighted by molar-refractivity contribution is 5.94. The highest BCUT2D eigenvalue weighted by Crippen LogP contribution is 2.15. The number of nitrogens with two attached hydrogens (primary N) is 1. The molecular weight excluding hydrogens is 118 g/mol. The summed E-state index contributed by atoms with van der Waals surface area (Å²) in [7, 11) is 0. The van der Waals surface area contributed by atoms with Gasteiger partial charge in [-0.3, -0.25) is 4.79 Å². The summed E-state index contributed by atoms with van der Waals surface area (Å²) in [5.74, 6) is -0.556. The molecule has 3 heteroatoms. The number of aldehydes is 1. The molecule has 0 aromatic carbocycles. The Bertz CT molecular complexity index is 133. The molecule has 0 rings (SSSR count).